The zero-order valence-corrected chi connectivity index (χ0v) is 19.8. The van der Waals surface area contributed by atoms with Crippen LogP contribution in [0.15, 0.2) is 24.3 Å². The Bertz CT molecular complexity index is 1090. The summed E-state index contributed by atoms with van der Waals surface area (Å²) in [4.78, 5) is 41.3. The van der Waals surface area contributed by atoms with Crippen LogP contribution >= 0.6 is 0 Å². The molecule has 8 nitrogen and oxygen atoms in total. The van der Waals surface area contributed by atoms with Crippen LogP contribution in [0, 0.1) is 13.8 Å². The normalized spacial score (nSPS) is 21.0. The van der Waals surface area contributed by atoms with Crippen molar-refractivity contribution in [3.63, 3.8) is 0 Å². The van der Waals surface area contributed by atoms with Crippen molar-refractivity contribution < 1.29 is 19.1 Å². The van der Waals surface area contributed by atoms with E-state index in [0.717, 1.165) is 36.8 Å². The second-order valence-electron chi connectivity index (χ2n) is 9.28. The maximum Gasteiger partial charge on any atom is 0.358 e. The molecule has 0 radical (unpaired) electrons. The summed E-state index contributed by atoms with van der Waals surface area (Å²) < 4.78 is 6.53. The number of esters is 1. The summed E-state index contributed by atoms with van der Waals surface area (Å²) in [6.45, 7) is 7.83. The SMILES string of the molecule is CCOC(=O)c1cc2n(n1)C[C@@](C)(C(=O)NC1CCCCC1)N(c1ccc(C)c(C)c1)C2=O. The number of aryl methyl sites for hydroxylation is 2. The minimum Gasteiger partial charge on any atom is -0.461 e. The minimum absolute atomic E-state index is 0.0668. The van der Waals surface area contributed by atoms with Gasteiger partial charge in [-0.05, 0) is 63.8 Å². The van der Waals surface area contributed by atoms with Crippen molar-refractivity contribution in [3.8, 4) is 0 Å². The molecule has 0 unspecified atom stereocenters. The van der Waals surface area contributed by atoms with Gasteiger partial charge in [-0.25, -0.2) is 4.79 Å². The number of hydrogen-bond acceptors (Lipinski definition) is 5. The van der Waals surface area contributed by atoms with Gasteiger partial charge in [-0.3, -0.25) is 19.2 Å². The van der Waals surface area contributed by atoms with Crippen molar-refractivity contribution in [1.29, 1.82) is 0 Å². The first-order valence-electron chi connectivity index (χ1n) is 11.7. The largest absolute Gasteiger partial charge is 0.461 e. The maximum absolute atomic E-state index is 13.8. The molecule has 8 heteroatoms. The lowest BCUT2D eigenvalue weighted by atomic mass is 9.91. The third-order valence-corrected chi connectivity index (χ3v) is 6.82. The minimum atomic E-state index is -1.21. The summed E-state index contributed by atoms with van der Waals surface area (Å²) in [5, 5.41) is 7.51. The van der Waals surface area contributed by atoms with E-state index in [9.17, 15) is 14.4 Å². The maximum atomic E-state index is 13.8. The Kier molecular flexibility index (Phi) is 6.28. The summed E-state index contributed by atoms with van der Waals surface area (Å²) in [6, 6.07) is 7.30. The van der Waals surface area contributed by atoms with Crippen molar-refractivity contribution in [2.24, 2.45) is 0 Å². The summed E-state index contributed by atoms with van der Waals surface area (Å²) in [5.74, 6) is -1.16. The molecule has 1 aliphatic carbocycles. The van der Waals surface area contributed by atoms with Gasteiger partial charge < -0.3 is 10.1 Å². The first kappa shape index (κ1) is 23.0. The summed E-state index contributed by atoms with van der Waals surface area (Å²) >= 11 is 0. The van der Waals surface area contributed by atoms with Crippen LogP contribution in [0.2, 0.25) is 0 Å². The number of hydrogen-bond donors (Lipinski definition) is 1. The molecular formula is C25H32N4O4. The van der Waals surface area contributed by atoms with Gasteiger partial charge >= 0.3 is 5.97 Å². The molecule has 1 aromatic heterocycles. The Morgan fingerprint density at radius 2 is 1.88 bits per heavy atom. The Hall–Kier alpha value is -3.16. The van der Waals surface area contributed by atoms with Crippen molar-refractivity contribution in [1.82, 2.24) is 15.1 Å². The molecule has 2 heterocycles. The number of benzene rings is 1. The smallest absolute Gasteiger partial charge is 0.358 e. The number of rotatable bonds is 5. The van der Waals surface area contributed by atoms with Crippen LogP contribution in [0.3, 0.4) is 0 Å². The molecule has 1 saturated carbocycles. The summed E-state index contributed by atoms with van der Waals surface area (Å²) in [5.41, 5.74) is 1.90. The van der Waals surface area contributed by atoms with Gasteiger partial charge in [0.25, 0.3) is 5.91 Å². The second-order valence-corrected chi connectivity index (χ2v) is 9.28. The van der Waals surface area contributed by atoms with E-state index in [1.54, 1.807) is 18.7 Å². The molecule has 1 fully saturated rings. The molecule has 2 aromatic rings. The van der Waals surface area contributed by atoms with Gasteiger partial charge in [0.05, 0.1) is 13.2 Å². The van der Waals surface area contributed by atoms with E-state index in [1.807, 2.05) is 32.0 Å². The number of nitrogens with zero attached hydrogens (tertiary/aromatic N) is 3. The highest BCUT2D eigenvalue weighted by Crippen LogP contribution is 2.34. The summed E-state index contributed by atoms with van der Waals surface area (Å²) in [6.07, 6.45) is 5.25. The topological polar surface area (TPSA) is 93.5 Å². The van der Waals surface area contributed by atoms with E-state index in [2.05, 4.69) is 10.4 Å². The number of amides is 2. The second kappa shape index (κ2) is 9.00. The molecule has 1 N–H and O–H groups in total. The average Bonchev–Trinajstić information content (AvgIpc) is 3.21. The molecule has 0 bridgehead atoms. The molecule has 33 heavy (non-hydrogen) atoms. The van der Waals surface area contributed by atoms with Gasteiger partial charge in [-0.1, -0.05) is 25.3 Å². The molecule has 1 aromatic carbocycles. The Labute approximate surface area is 194 Å². The predicted octanol–water partition coefficient (Wildman–Crippen LogP) is 3.54. The molecular weight excluding hydrogens is 420 g/mol. The van der Waals surface area contributed by atoms with Gasteiger partial charge in [-0.2, -0.15) is 5.10 Å². The van der Waals surface area contributed by atoms with Crippen LogP contribution in [0.4, 0.5) is 5.69 Å². The summed E-state index contributed by atoms with van der Waals surface area (Å²) in [7, 11) is 0. The fourth-order valence-corrected chi connectivity index (χ4v) is 4.74. The fraction of sp³-hybridized carbons (Fsp3) is 0.520. The number of anilines is 1. The molecule has 1 atom stereocenters. The van der Waals surface area contributed by atoms with Crippen LogP contribution in [0.1, 0.15) is 78.1 Å². The average molecular weight is 453 g/mol. The fourth-order valence-electron chi connectivity index (χ4n) is 4.74. The van der Waals surface area contributed by atoms with E-state index < -0.39 is 11.5 Å². The zero-order valence-electron chi connectivity index (χ0n) is 19.8. The van der Waals surface area contributed by atoms with Crippen molar-refractivity contribution >= 4 is 23.5 Å². The Balaban J connectivity index is 1.76. The lowest BCUT2D eigenvalue weighted by Gasteiger charge is -2.44. The van der Waals surface area contributed by atoms with Crippen molar-refractivity contribution in [2.45, 2.75) is 77.9 Å². The molecule has 0 spiro atoms. The number of carbonyl (C=O) groups is 3. The predicted molar refractivity (Wildman–Crippen MR) is 124 cm³/mol. The van der Waals surface area contributed by atoms with Gasteiger partial charge in [0.15, 0.2) is 5.69 Å². The van der Waals surface area contributed by atoms with Crippen LogP contribution in [-0.2, 0) is 16.1 Å². The van der Waals surface area contributed by atoms with E-state index >= 15 is 0 Å². The zero-order chi connectivity index (χ0) is 23.8. The molecule has 0 saturated heterocycles. The standard InChI is InChI=1S/C25H32N4O4/c1-5-33-23(31)20-14-21-22(30)29(19-12-11-16(2)17(3)13-19)25(4,15-28(21)27-20)24(32)26-18-9-7-6-8-10-18/h11-14,18H,5-10,15H2,1-4H3,(H,26,32)/t25-/m0/s1. The monoisotopic (exact) mass is 452 g/mol. The highest BCUT2D eigenvalue weighted by molar-refractivity contribution is 6.12. The van der Waals surface area contributed by atoms with Crippen molar-refractivity contribution in [3.05, 3.63) is 46.8 Å². The first-order valence-corrected chi connectivity index (χ1v) is 11.7. The lowest BCUT2D eigenvalue weighted by molar-refractivity contribution is -0.127. The highest BCUT2D eigenvalue weighted by atomic mass is 16.5. The number of ether oxygens (including phenoxy) is 1. The first-order chi connectivity index (χ1) is 15.7. The van der Waals surface area contributed by atoms with Gasteiger partial charge in [0.2, 0.25) is 5.91 Å². The number of aromatic nitrogens is 2. The molecule has 176 valence electrons. The van der Waals surface area contributed by atoms with Crippen LogP contribution < -0.4 is 10.2 Å². The highest BCUT2D eigenvalue weighted by Gasteiger charge is 2.49. The van der Waals surface area contributed by atoms with E-state index in [1.165, 1.54) is 17.2 Å². The van der Waals surface area contributed by atoms with Gasteiger partial charge in [0.1, 0.15) is 11.2 Å². The molecule has 2 amide bonds. The van der Waals surface area contributed by atoms with E-state index in [-0.39, 0.29) is 42.4 Å². The van der Waals surface area contributed by atoms with E-state index in [4.69, 9.17) is 4.74 Å². The van der Waals surface area contributed by atoms with Crippen LogP contribution in [-0.4, -0.2) is 45.8 Å². The van der Waals surface area contributed by atoms with Crippen LogP contribution in [0.5, 0.6) is 0 Å². The number of fused-ring (bicyclic) bond motifs is 1. The number of nitrogens with one attached hydrogen (secondary N) is 1. The van der Waals surface area contributed by atoms with Gasteiger partial charge in [0, 0.05) is 17.8 Å². The lowest BCUT2D eigenvalue weighted by Crippen LogP contribution is -2.65. The van der Waals surface area contributed by atoms with Crippen molar-refractivity contribution in [2.75, 3.05) is 11.5 Å². The number of carbonyl (C=O) groups excluding carboxylic acids is 3. The Morgan fingerprint density at radius 3 is 2.55 bits per heavy atom. The third kappa shape index (κ3) is 4.26. The molecule has 1 aliphatic heterocycles. The Morgan fingerprint density at radius 1 is 1.15 bits per heavy atom. The van der Waals surface area contributed by atoms with Crippen LogP contribution in [0.25, 0.3) is 0 Å². The molecule has 2 aliphatic rings. The third-order valence-electron chi connectivity index (χ3n) is 6.82. The van der Waals surface area contributed by atoms with E-state index in [0.29, 0.717) is 5.69 Å². The van der Waals surface area contributed by atoms with Gasteiger partial charge in [-0.15, -0.1) is 0 Å². The quantitative estimate of drug-likeness (QED) is 0.701. The molecule has 4 rings (SSSR count).